The molecule has 3 nitrogen and oxygen atoms in total. The number of fused-ring (bicyclic) bond motifs is 1. The fraction of sp³-hybridized carbons (Fsp3) is 0.706. The molecule has 20 heavy (non-hydrogen) atoms. The molecule has 0 fully saturated rings. The van der Waals surface area contributed by atoms with Crippen LogP contribution >= 0.6 is 0 Å². The number of hydrogen-bond donors (Lipinski definition) is 0. The van der Waals surface area contributed by atoms with E-state index in [0.29, 0.717) is 18.4 Å². The van der Waals surface area contributed by atoms with Crippen molar-refractivity contribution in [2.24, 2.45) is 11.8 Å². The quantitative estimate of drug-likeness (QED) is 0.815. The molecule has 0 aliphatic carbocycles. The Hall–Kier alpha value is -0.930. The summed E-state index contributed by atoms with van der Waals surface area (Å²) in [6.07, 6.45) is 2.92. The van der Waals surface area contributed by atoms with E-state index in [1.54, 1.807) is 7.11 Å². The molecule has 112 valence electrons. The van der Waals surface area contributed by atoms with Crippen molar-refractivity contribution in [3.05, 3.63) is 29.1 Å². The van der Waals surface area contributed by atoms with Gasteiger partial charge in [0.1, 0.15) is 11.7 Å². The first kappa shape index (κ1) is 15.5. The number of hydrogen-bond acceptors (Lipinski definition) is 3. The van der Waals surface area contributed by atoms with Crippen molar-refractivity contribution in [3.63, 3.8) is 0 Å². The maximum atomic E-state index is 6.57. The Balaban J connectivity index is 2.62. The Labute approximate surface area is 122 Å². The molecule has 0 radical (unpaired) electrons. The molecule has 2 rings (SSSR count). The van der Waals surface area contributed by atoms with Crippen LogP contribution in [0.3, 0.4) is 0 Å². The second-order valence-corrected chi connectivity index (χ2v) is 6.21. The van der Waals surface area contributed by atoms with Crippen molar-refractivity contribution in [1.29, 1.82) is 0 Å². The van der Waals surface area contributed by atoms with Crippen molar-refractivity contribution >= 4 is 0 Å². The molecule has 0 amide bonds. The molecule has 0 bridgehead atoms. The van der Waals surface area contributed by atoms with Crippen molar-refractivity contribution in [2.45, 2.75) is 52.7 Å². The van der Waals surface area contributed by atoms with Gasteiger partial charge >= 0.3 is 0 Å². The van der Waals surface area contributed by atoms with Crippen LogP contribution in [0.25, 0.3) is 0 Å². The monoisotopic (exact) mass is 277 g/mol. The Kier molecular flexibility index (Phi) is 4.50. The number of ether oxygens (including phenoxy) is 2. The van der Waals surface area contributed by atoms with Gasteiger partial charge in [-0.15, -0.1) is 0 Å². The lowest BCUT2D eigenvalue weighted by Crippen LogP contribution is -2.39. The van der Waals surface area contributed by atoms with E-state index in [9.17, 15) is 0 Å². The van der Waals surface area contributed by atoms with E-state index >= 15 is 0 Å². The standard InChI is InChI=1S/C17H27NO2/c1-7-13(5)17(11(2)3)15-12(4)8-9-18-16(15)14(20-17)10-19-6/h8-9,11,13-14H,7,10H2,1-6H3. The number of methoxy groups -OCH3 is 1. The van der Waals surface area contributed by atoms with E-state index in [0.717, 1.165) is 12.1 Å². The van der Waals surface area contributed by atoms with E-state index in [-0.39, 0.29) is 11.7 Å². The third-order valence-electron chi connectivity index (χ3n) is 4.74. The highest BCUT2D eigenvalue weighted by atomic mass is 16.5. The molecule has 1 aromatic heterocycles. The molecule has 0 saturated heterocycles. The Bertz CT molecular complexity index is 472. The number of rotatable bonds is 5. The van der Waals surface area contributed by atoms with Crippen LogP contribution in [-0.2, 0) is 15.1 Å². The Morgan fingerprint density at radius 1 is 1.40 bits per heavy atom. The van der Waals surface area contributed by atoms with Gasteiger partial charge in [-0.1, -0.05) is 34.1 Å². The van der Waals surface area contributed by atoms with E-state index < -0.39 is 0 Å². The van der Waals surface area contributed by atoms with Crippen molar-refractivity contribution in [1.82, 2.24) is 4.98 Å². The highest BCUT2D eigenvalue weighted by molar-refractivity contribution is 5.40. The average molecular weight is 277 g/mol. The summed E-state index contributed by atoms with van der Waals surface area (Å²) in [7, 11) is 1.72. The van der Waals surface area contributed by atoms with Gasteiger partial charge in [-0.05, 0) is 30.4 Å². The summed E-state index contributed by atoms with van der Waals surface area (Å²) in [4.78, 5) is 4.61. The van der Waals surface area contributed by atoms with Gasteiger partial charge in [0, 0.05) is 18.9 Å². The topological polar surface area (TPSA) is 31.4 Å². The highest BCUT2D eigenvalue weighted by Gasteiger charge is 2.51. The smallest absolute Gasteiger partial charge is 0.124 e. The van der Waals surface area contributed by atoms with Crippen molar-refractivity contribution < 1.29 is 9.47 Å². The number of aromatic nitrogens is 1. The molecule has 3 atom stereocenters. The van der Waals surface area contributed by atoms with Crippen LogP contribution in [0.1, 0.15) is 57.0 Å². The van der Waals surface area contributed by atoms with Gasteiger partial charge in [-0.3, -0.25) is 4.98 Å². The molecule has 1 aromatic rings. The predicted molar refractivity (Wildman–Crippen MR) is 80.6 cm³/mol. The van der Waals surface area contributed by atoms with Gasteiger partial charge in [0.2, 0.25) is 0 Å². The van der Waals surface area contributed by atoms with Crippen LogP contribution in [0, 0.1) is 18.8 Å². The zero-order valence-corrected chi connectivity index (χ0v) is 13.6. The molecule has 1 aliphatic heterocycles. The van der Waals surface area contributed by atoms with Gasteiger partial charge in [0.05, 0.1) is 12.3 Å². The first-order valence-corrected chi connectivity index (χ1v) is 7.61. The Morgan fingerprint density at radius 2 is 2.10 bits per heavy atom. The lowest BCUT2D eigenvalue weighted by atomic mass is 9.72. The predicted octanol–water partition coefficient (Wildman–Crippen LogP) is 4.01. The zero-order chi connectivity index (χ0) is 14.9. The Morgan fingerprint density at radius 3 is 2.65 bits per heavy atom. The van der Waals surface area contributed by atoms with Gasteiger partial charge in [-0.2, -0.15) is 0 Å². The normalized spacial score (nSPS) is 26.9. The summed E-state index contributed by atoms with van der Waals surface area (Å²) >= 11 is 0. The molecule has 0 saturated carbocycles. The maximum absolute atomic E-state index is 6.57. The van der Waals surface area contributed by atoms with Crippen molar-refractivity contribution in [3.8, 4) is 0 Å². The van der Waals surface area contributed by atoms with Gasteiger partial charge in [0.15, 0.2) is 0 Å². The maximum Gasteiger partial charge on any atom is 0.124 e. The largest absolute Gasteiger partial charge is 0.382 e. The molecule has 3 unspecified atom stereocenters. The molecule has 0 aromatic carbocycles. The van der Waals surface area contributed by atoms with Crippen LogP contribution in [0.5, 0.6) is 0 Å². The second-order valence-electron chi connectivity index (χ2n) is 6.21. The molecule has 0 spiro atoms. The summed E-state index contributed by atoms with van der Waals surface area (Å²) in [5, 5.41) is 0. The van der Waals surface area contributed by atoms with Crippen molar-refractivity contribution in [2.75, 3.05) is 13.7 Å². The minimum absolute atomic E-state index is 0.0497. The molecule has 1 aliphatic rings. The molecule has 0 N–H and O–H groups in total. The average Bonchev–Trinajstić information content (AvgIpc) is 2.76. The summed E-state index contributed by atoms with van der Waals surface area (Å²) < 4.78 is 11.9. The zero-order valence-electron chi connectivity index (χ0n) is 13.6. The molecule has 2 heterocycles. The second kappa shape index (κ2) is 5.82. The fourth-order valence-corrected chi connectivity index (χ4v) is 3.61. The van der Waals surface area contributed by atoms with Crippen LogP contribution in [0.4, 0.5) is 0 Å². The summed E-state index contributed by atoms with van der Waals surface area (Å²) in [6.45, 7) is 11.7. The molecular weight excluding hydrogens is 250 g/mol. The highest BCUT2D eigenvalue weighted by Crippen LogP contribution is 2.53. The van der Waals surface area contributed by atoms with Crippen LogP contribution in [0.2, 0.25) is 0 Å². The first-order chi connectivity index (χ1) is 9.48. The molecular formula is C17H27NO2. The third-order valence-corrected chi connectivity index (χ3v) is 4.74. The first-order valence-electron chi connectivity index (χ1n) is 7.61. The van der Waals surface area contributed by atoms with Gasteiger partial charge < -0.3 is 9.47 Å². The number of nitrogens with zero attached hydrogens (tertiary/aromatic N) is 1. The van der Waals surface area contributed by atoms with E-state index in [4.69, 9.17) is 9.47 Å². The minimum atomic E-state index is -0.244. The van der Waals surface area contributed by atoms with Crippen LogP contribution in [-0.4, -0.2) is 18.7 Å². The number of pyridine rings is 1. The minimum Gasteiger partial charge on any atom is -0.382 e. The summed E-state index contributed by atoms with van der Waals surface area (Å²) in [5.74, 6) is 0.854. The molecule has 3 heteroatoms. The SMILES string of the molecule is CCC(C)C1(C(C)C)OC(COC)c2nccc(C)c21. The van der Waals surface area contributed by atoms with E-state index in [2.05, 4.69) is 45.7 Å². The van der Waals surface area contributed by atoms with Crippen LogP contribution < -0.4 is 0 Å². The fourth-order valence-electron chi connectivity index (χ4n) is 3.61. The van der Waals surface area contributed by atoms with Gasteiger partial charge in [-0.25, -0.2) is 0 Å². The summed E-state index contributed by atoms with van der Waals surface area (Å²) in [6, 6.07) is 2.09. The lowest BCUT2D eigenvalue weighted by molar-refractivity contribution is -0.154. The van der Waals surface area contributed by atoms with E-state index in [1.165, 1.54) is 11.1 Å². The van der Waals surface area contributed by atoms with E-state index in [1.807, 2.05) is 6.20 Å². The lowest BCUT2D eigenvalue weighted by Gasteiger charge is -2.40. The van der Waals surface area contributed by atoms with Gasteiger partial charge in [0.25, 0.3) is 0 Å². The third kappa shape index (κ3) is 2.17. The number of aryl methyl sites for hydroxylation is 1. The van der Waals surface area contributed by atoms with Crippen LogP contribution in [0.15, 0.2) is 12.3 Å². The summed E-state index contributed by atoms with van der Waals surface area (Å²) in [5.41, 5.74) is 3.40.